The molecule has 2 rings (SSSR count). The third-order valence-corrected chi connectivity index (χ3v) is 5.02. The molecule has 1 heterocycles. The van der Waals surface area contributed by atoms with Crippen LogP contribution in [0.4, 0.5) is 0 Å². The number of hydrogen-bond acceptors (Lipinski definition) is 2. The van der Waals surface area contributed by atoms with Crippen molar-refractivity contribution in [3.8, 4) is 0 Å². The van der Waals surface area contributed by atoms with Gasteiger partial charge in [-0.2, -0.15) is 0 Å². The molecule has 1 aromatic rings. The molecule has 1 fully saturated rings. The molecule has 0 bridgehead atoms. The summed E-state index contributed by atoms with van der Waals surface area (Å²) in [4.78, 5) is 13.2. The Labute approximate surface area is 123 Å². The second-order valence-electron chi connectivity index (χ2n) is 4.65. The molecule has 5 heteroatoms. The summed E-state index contributed by atoms with van der Waals surface area (Å²) in [6.45, 7) is 3.59. The van der Waals surface area contributed by atoms with Gasteiger partial charge in [0.2, 0.25) is 0 Å². The van der Waals surface area contributed by atoms with Crippen LogP contribution < -0.4 is 0 Å². The SMILES string of the molecule is Cc1c(Br)cc(CN2CCC[C@@H]2C(=O)O)cc1Br. The maximum Gasteiger partial charge on any atom is 0.320 e. The van der Waals surface area contributed by atoms with Crippen LogP contribution in [0.3, 0.4) is 0 Å². The third-order valence-electron chi connectivity index (χ3n) is 3.38. The van der Waals surface area contributed by atoms with E-state index in [9.17, 15) is 4.79 Å². The molecular formula is C13H15Br2NO2. The molecule has 0 aliphatic carbocycles. The monoisotopic (exact) mass is 375 g/mol. The Balaban J connectivity index is 2.16. The van der Waals surface area contributed by atoms with Crippen molar-refractivity contribution in [2.45, 2.75) is 32.4 Å². The van der Waals surface area contributed by atoms with Crippen molar-refractivity contribution in [1.82, 2.24) is 4.90 Å². The van der Waals surface area contributed by atoms with Crippen LogP contribution in [-0.2, 0) is 11.3 Å². The smallest absolute Gasteiger partial charge is 0.320 e. The number of carboxylic acid groups (broad SMARTS) is 1. The summed E-state index contributed by atoms with van der Waals surface area (Å²) in [5.74, 6) is -0.710. The number of carboxylic acids is 1. The van der Waals surface area contributed by atoms with Gasteiger partial charge in [0.1, 0.15) is 6.04 Å². The van der Waals surface area contributed by atoms with Gasteiger partial charge in [0.15, 0.2) is 0 Å². The average molecular weight is 377 g/mol. The molecule has 3 nitrogen and oxygen atoms in total. The minimum absolute atomic E-state index is 0.330. The highest BCUT2D eigenvalue weighted by Gasteiger charge is 2.30. The Morgan fingerprint density at radius 3 is 2.61 bits per heavy atom. The third kappa shape index (κ3) is 2.95. The van der Waals surface area contributed by atoms with Crippen molar-refractivity contribution in [1.29, 1.82) is 0 Å². The van der Waals surface area contributed by atoms with E-state index in [1.54, 1.807) is 0 Å². The molecule has 0 unspecified atom stereocenters. The molecule has 18 heavy (non-hydrogen) atoms. The van der Waals surface area contributed by atoms with Crippen LogP contribution in [0.15, 0.2) is 21.1 Å². The van der Waals surface area contributed by atoms with Gasteiger partial charge in [-0.05, 0) is 49.6 Å². The summed E-state index contributed by atoms with van der Waals surface area (Å²) in [6.07, 6.45) is 1.72. The van der Waals surface area contributed by atoms with E-state index in [0.29, 0.717) is 6.54 Å². The van der Waals surface area contributed by atoms with E-state index in [1.807, 2.05) is 11.8 Å². The van der Waals surface area contributed by atoms with Crippen LogP contribution in [0.1, 0.15) is 24.0 Å². The Kier molecular flexibility index (Phi) is 4.45. The molecular weight excluding hydrogens is 362 g/mol. The Hall–Kier alpha value is -0.390. The van der Waals surface area contributed by atoms with Gasteiger partial charge < -0.3 is 5.11 Å². The fourth-order valence-electron chi connectivity index (χ4n) is 2.32. The van der Waals surface area contributed by atoms with Gasteiger partial charge >= 0.3 is 5.97 Å². The van der Waals surface area contributed by atoms with Crippen LogP contribution in [0.2, 0.25) is 0 Å². The Morgan fingerprint density at radius 1 is 1.44 bits per heavy atom. The summed E-state index contributed by atoms with van der Waals surface area (Å²) in [6, 6.07) is 3.80. The molecule has 0 aromatic heterocycles. The summed E-state index contributed by atoms with van der Waals surface area (Å²) in [7, 11) is 0. The van der Waals surface area contributed by atoms with E-state index in [-0.39, 0.29) is 6.04 Å². The highest BCUT2D eigenvalue weighted by Crippen LogP contribution is 2.28. The molecule has 0 saturated carbocycles. The first kappa shape index (κ1) is 14.0. The number of nitrogens with zero attached hydrogens (tertiary/aromatic N) is 1. The molecule has 98 valence electrons. The fourth-order valence-corrected chi connectivity index (χ4v) is 3.60. The maximum atomic E-state index is 11.1. The van der Waals surface area contributed by atoms with E-state index in [4.69, 9.17) is 5.11 Å². The molecule has 0 radical (unpaired) electrons. The van der Waals surface area contributed by atoms with Crippen LogP contribution in [0.5, 0.6) is 0 Å². The van der Waals surface area contributed by atoms with Gasteiger partial charge in [-0.1, -0.05) is 31.9 Å². The van der Waals surface area contributed by atoms with Crippen LogP contribution in [0.25, 0.3) is 0 Å². The zero-order valence-electron chi connectivity index (χ0n) is 10.1. The van der Waals surface area contributed by atoms with Crippen LogP contribution in [-0.4, -0.2) is 28.6 Å². The van der Waals surface area contributed by atoms with Crippen molar-refractivity contribution in [2.75, 3.05) is 6.54 Å². The second kappa shape index (κ2) is 5.72. The topological polar surface area (TPSA) is 40.5 Å². The fraction of sp³-hybridized carbons (Fsp3) is 0.462. The van der Waals surface area contributed by atoms with Crippen molar-refractivity contribution in [3.05, 3.63) is 32.2 Å². The quantitative estimate of drug-likeness (QED) is 0.876. The van der Waals surface area contributed by atoms with Crippen LogP contribution in [0, 0.1) is 6.92 Å². The lowest BCUT2D eigenvalue weighted by atomic mass is 10.1. The van der Waals surface area contributed by atoms with E-state index in [0.717, 1.165) is 39.5 Å². The lowest BCUT2D eigenvalue weighted by Crippen LogP contribution is -2.35. The standard InChI is InChI=1S/C13H15Br2NO2/c1-8-10(14)5-9(6-11(8)15)7-16-4-2-3-12(16)13(17)18/h5-6,12H,2-4,7H2,1H3,(H,17,18)/t12-/m1/s1. The van der Waals surface area contributed by atoms with Crippen LogP contribution >= 0.6 is 31.9 Å². The molecule has 1 aliphatic rings. The number of hydrogen-bond donors (Lipinski definition) is 1. The van der Waals surface area contributed by atoms with E-state index >= 15 is 0 Å². The summed E-state index contributed by atoms with van der Waals surface area (Å²) in [5.41, 5.74) is 2.29. The molecule has 1 N–H and O–H groups in total. The van der Waals surface area contributed by atoms with Crippen molar-refractivity contribution >= 4 is 37.8 Å². The Bertz CT molecular complexity index is 453. The average Bonchev–Trinajstić information content (AvgIpc) is 2.74. The lowest BCUT2D eigenvalue weighted by Gasteiger charge is -2.21. The van der Waals surface area contributed by atoms with E-state index in [2.05, 4.69) is 44.0 Å². The normalized spacial score (nSPS) is 20.3. The van der Waals surface area contributed by atoms with E-state index < -0.39 is 5.97 Å². The molecule has 0 spiro atoms. The molecule has 1 aromatic carbocycles. The van der Waals surface area contributed by atoms with Crippen molar-refractivity contribution < 1.29 is 9.90 Å². The van der Waals surface area contributed by atoms with Gasteiger partial charge in [0.25, 0.3) is 0 Å². The lowest BCUT2D eigenvalue weighted by molar-refractivity contribution is -0.142. The molecule has 1 atom stereocenters. The number of aliphatic carboxylic acids is 1. The summed E-state index contributed by atoms with van der Waals surface area (Å²) < 4.78 is 2.11. The number of halogens is 2. The zero-order valence-corrected chi connectivity index (χ0v) is 13.3. The first-order valence-corrected chi connectivity index (χ1v) is 7.49. The van der Waals surface area contributed by atoms with Gasteiger partial charge in [-0.3, -0.25) is 9.69 Å². The van der Waals surface area contributed by atoms with E-state index in [1.165, 1.54) is 0 Å². The minimum atomic E-state index is -0.710. The second-order valence-corrected chi connectivity index (χ2v) is 6.36. The van der Waals surface area contributed by atoms with Crippen molar-refractivity contribution in [2.24, 2.45) is 0 Å². The number of carbonyl (C=O) groups is 1. The van der Waals surface area contributed by atoms with Gasteiger partial charge in [-0.25, -0.2) is 0 Å². The number of benzene rings is 1. The summed E-state index contributed by atoms with van der Waals surface area (Å²) >= 11 is 7.05. The molecule has 0 amide bonds. The first-order chi connectivity index (χ1) is 8.49. The number of rotatable bonds is 3. The predicted octanol–water partition coefficient (Wildman–Crippen LogP) is 3.57. The van der Waals surface area contributed by atoms with Gasteiger partial charge in [0.05, 0.1) is 0 Å². The summed E-state index contributed by atoms with van der Waals surface area (Å²) in [5, 5.41) is 9.15. The zero-order chi connectivity index (χ0) is 13.3. The van der Waals surface area contributed by atoms with Crippen molar-refractivity contribution in [3.63, 3.8) is 0 Å². The van der Waals surface area contributed by atoms with Gasteiger partial charge in [-0.15, -0.1) is 0 Å². The van der Waals surface area contributed by atoms with Gasteiger partial charge in [0, 0.05) is 15.5 Å². The highest BCUT2D eigenvalue weighted by molar-refractivity contribution is 9.11. The highest BCUT2D eigenvalue weighted by atomic mass is 79.9. The minimum Gasteiger partial charge on any atom is -0.480 e. The molecule has 1 aliphatic heterocycles. The first-order valence-electron chi connectivity index (χ1n) is 5.90. The molecule has 1 saturated heterocycles. The largest absolute Gasteiger partial charge is 0.480 e. The predicted molar refractivity (Wildman–Crippen MR) is 77.6 cm³/mol. The maximum absolute atomic E-state index is 11.1. The Morgan fingerprint density at radius 2 is 2.06 bits per heavy atom. The number of likely N-dealkylation sites (tertiary alicyclic amines) is 1.